The summed E-state index contributed by atoms with van der Waals surface area (Å²) in [5.74, 6) is 0.173. The van der Waals surface area contributed by atoms with Crippen molar-refractivity contribution in [1.29, 1.82) is 0 Å². The lowest BCUT2D eigenvalue weighted by molar-refractivity contribution is 0.0717. The summed E-state index contributed by atoms with van der Waals surface area (Å²) in [5.41, 5.74) is 5.34. The fourth-order valence-electron chi connectivity index (χ4n) is 4.54. The zero-order valence-electron chi connectivity index (χ0n) is 20.3. The van der Waals surface area contributed by atoms with Gasteiger partial charge in [0.05, 0.1) is 11.3 Å². The number of aromatic nitrogens is 2. The van der Waals surface area contributed by atoms with Crippen molar-refractivity contribution >= 4 is 29.0 Å². The number of anilines is 1. The lowest BCUT2D eigenvalue weighted by atomic mass is 9.97. The van der Waals surface area contributed by atoms with Gasteiger partial charge in [-0.3, -0.25) is 19.6 Å². The van der Waals surface area contributed by atoms with Gasteiger partial charge in [0.15, 0.2) is 5.78 Å². The van der Waals surface area contributed by atoms with Gasteiger partial charge in [-0.15, -0.1) is 0 Å². The van der Waals surface area contributed by atoms with Gasteiger partial charge in [-0.05, 0) is 79.6 Å². The minimum Gasteiger partial charge on any atom is -0.381 e. The summed E-state index contributed by atoms with van der Waals surface area (Å²) in [6.07, 6.45) is 10.6. The second-order valence-electron chi connectivity index (χ2n) is 9.06. The van der Waals surface area contributed by atoms with E-state index in [4.69, 9.17) is 11.6 Å². The molecule has 1 saturated heterocycles. The Morgan fingerprint density at radius 3 is 2.60 bits per heavy atom. The van der Waals surface area contributed by atoms with E-state index < -0.39 is 0 Å². The highest BCUT2D eigenvalue weighted by atomic mass is 35.5. The maximum absolute atomic E-state index is 12.8. The number of halogens is 1. The summed E-state index contributed by atoms with van der Waals surface area (Å²) in [6.45, 7) is 5.37. The number of pyridine rings is 2. The van der Waals surface area contributed by atoms with E-state index in [9.17, 15) is 9.59 Å². The summed E-state index contributed by atoms with van der Waals surface area (Å²) in [7, 11) is 0. The van der Waals surface area contributed by atoms with Crippen molar-refractivity contribution in [3.63, 3.8) is 0 Å². The quantitative estimate of drug-likeness (QED) is 0.420. The Kier molecular flexibility index (Phi) is 8.13. The predicted octanol–water partition coefficient (Wildman–Crippen LogP) is 5.53. The van der Waals surface area contributed by atoms with Gasteiger partial charge < -0.3 is 10.2 Å². The third kappa shape index (κ3) is 6.25. The second kappa shape index (κ2) is 11.5. The van der Waals surface area contributed by atoms with Crippen molar-refractivity contribution in [2.75, 3.05) is 18.4 Å². The fourth-order valence-corrected chi connectivity index (χ4v) is 4.74. The number of ketones is 1. The van der Waals surface area contributed by atoms with Crippen LogP contribution in [0.15, 0.2) is 55.1 Å². The number of piperidine rings is 1. The molecule has 1 aliphatic heterocycles. The number of carbonyl (C=O) groups excluding carboxylic acids is 2. The Hall–Kier alpha value is -3.25. The maximum atomic E-state index is 12.8. The fraction of sp³-hybridized carbons (Fsp3) is 0.357. The molecule has 0 radical (unpaired) electrons. The highest BCUT2D eigenvalue weighted by Gasteiger charge is 2.24. The Balaban J connectivity index is 1.30. The minimum atomic E-state index is 0.0503. The molecule has 2 aromatic heterocycles. The molecule has 1 N–H and O–H groups in total. The largest absolute Gasteiger partial charge is 0.381 e. The van der Waals surface area contributed by atoms with Crippen LogP contribution in [0.1, 0.15) is 63.6 Å². The molecule has 7 heteroatoms. The number of amides is 1. The average molecular weight is 491 g/mol. The molecule has 0 bridgehead atoms. The zero-order chi connectivity index (χ0) is 24.8. The monoisotopic (exact) mass is 490 g/mol. The SMILES string of the molecule is CCc1cc(Cl)ccc1C(=O)CCc1cncc(NC2CCN(C(=O)c3cnccc3C)CC2)c1. The molecule has 0 saturated carbocycles. The van der Waals surface area contributed by atoms with Crippen LogP contribution >= 0.6 is 11.6 Å². The Labute approximate surface area is 211 Å². The third-order valence-electron chi connectivity index (χ3n) is 6.61. The molecular weight excluding hydrogens is 460 g/mol. The van der Waals surface area contributed by atoms with Gasteiger partial charge in [-0.1, -0.05) is 18.5 Å². The molecule has 1 amide bonds. The molecule has 0 spiro atoms. The number of hydrogen-bond acceptors (Lipinski definition) is 5. The number of benzene rings is 1. The van der Waals surface area contributed by atoms with Crippen LogP contribution in [-0.2, 0) is 12.8 Å². The van der Waals surface area contributed by atoms with Gasteiger partial charge in [-0.25, -0.2) is 0 Å². The number of likely N-dealkylation sites (tertiary alicyclic amines) is 1. The molecule has 1 aromatic carbocycles. The van der Waals surface area contributed by atoms with Crippen LogP contribution in [0.2, 0.25) is 5.02 Å². The summed E-state index contributed by atoms with van der Waals surface area (Å²) in [6, 6.07) is 9.68. The van der Waals surface area contributed by atoms with Gasteiger partial charge in [0.25, 0.3) is 5.91 Å². The molecule has 0 unspecified atom stereocenters. The molecule has 182 valence electrons. The first-order chi connectivity index (χ1) is 16.9. The van der Waals surface area contributed by atoms with Gasteiger partial charge >= 0.3 is 0 Å². The normalized spacial score (nSPS) is 14.1. The number of carbonyl (C=O) groups is 2. The predicted molar refractivity (Wildman–Crippen MR) is 139 cm³/mol. The van der Waals surface area contributed by atoms with Crippen LogP contribution in [0, 0.1) is 6.92 Å². The van der Waals surface area contributed by atoms with E-state index in [2.05, 4.69) is 21.4 Å². The van der Waals surface area contributed by atoms with Crippen molar-refractivity contribution in [1.82, 2.24) is 14.9 Å². The van der Waals surface area contributed by atoms with Crippen LogP contribution in [-0.4, -0.2) is 45.7 Å². The van der Waals surface area contributed by atoms with Crippen molar-refractivity contribution in [3.8, 4) is 0 Å². The van der Waals surface area contributed by atoms with E-state index >= 15 is 0 Å². The first-order valence-corrected chi connectivity index (χ1v) is 12.5. The van der Waals surface area contributed by atoms with E-state index in [1.807, 2.05) is 49.3 Å². The molecule has 1 fully saturated rings. The summed E-state index contributed by atoms with van der Waals surface area (Å²) in [5, 5.41) is 4.22. The number of Topliss-reactive ketones (excluding diaryl/α,β-unsaturated/α-hetero) is 1. The molecule has 3 aromatic rings. The van der Waals surface area contributed by atoms with Gasteiger partial charge in [0.2, 0.25) is 0 Å². The number of nitrogens with one attached hydrogen (secondary N) is 1. The van der Waals surface area contributed by atoms with Crippen molar-refractivity contribution < 1.29 is 9.59 Å². The topological polar surface area (TPSA) is 75.2 Å². The van der Waals surface area contributed by atoms with Crippen LogP contribution in [0.25, 0.3) is 0 Å². The van der Waals surface area contributed by atoms with Crippen molar-refractivity contribution in [3.05, 3.63) is 88.0 Å². The number of aryl methyl sites for hydroxylation is 3. The number of hydrogen-bond donors (Lipinski definition) is 1. The Morgan fingerprint density at radius 1 is 1.06 bits per heavy atom. The molecule has 1 aliphatic rings. The number of rotatable bonds is 8. The molecule has 6 nitrogen and oxygen atoms in total. The molecule has 0 atom stereocenters. The highest BCUT2D eigenvalue weighted by Crippen LogP contribution is 2.22. The van der Waals surface area contributed by atoms with Crippen molar-refractivity contribution in [2.45, 2.75) is 52.0 Å². The van der Waals surface area contributed by atoms with Crippen LogP contribution in [0.3, 0.4) is 0 Å². The molecule has 3 heterocycles. The molecule has 35 heavy (non-hydrogen) atoms. The first-order valence-electron chi connectivity index (χ1n) is 12.2. The summed E-state index contributed by atoms with van der Waals surface area (Å²) >= 11 is 6.08. The molecule has 0 aliphatic carbocycles. The summed E-state index contributed by atoms with van der Waals surface area (Å²) in [4.78, 5) is 36.0. The van der Waals surface area contributed by atoms with E-state index in [1.54, 1.807) is 18.5 Å². The first kappa shape index (κ1) is 24.9. The van der Waals surface area contributed by atoms with E-state index in [0.29, 0.717) is 36.5 Å². The average Bonchev–Trinajstić information content (AvgIpc) is 2.88. The Bertz CT molecular complexity index is 1210. The van der Waals surface area contributed by atoms with Gasteiger partial charge in [-0.2, -0.15) is 0 Å². The number of nitrogens with zero attached hydrogens (tertiary/aromatic N) is 3. The standard InChI is InChI=1S/C28H31ClN4O2/c1-3-21-15-22(29)5-6-25(21)27(34)7-4-20-14-24(17-31-16-20)32-23-9-12-33(13-10-23)28(35)26-18-30-11-8-19(26)2/h5-6,8,11,14-18,23,32H,3-4,7,9-10,12-13H2,1-2H3. The maximum Gasteiger partial charge on any atom is 0.255 e. The summed E-state index contributed by atoms with van der Waals surface area (Å²) < 4.78 is 0. The third-order valence-corrected chi connectivity index (χ3v) is 6.84. The second-order valence-corrected chi connectivity index (χ2v) is 9.50. The minimum absolute atomic E-state index is 0.0503. The van der Waals surface area contributed by atoms with E-state index in [0.717, 1.165) is 47.2 Å². The lowest BCUT2D eigenvalue weighted by Crippen LogP contribution is -2.42. The molecular formula is C28H31ClN4O2. The van der Waals surface area contributed by atoms with Crippen LogP contribution in [0.4, 0.5) is 5.69 Å². The molecule has 4 rings (SSSR count). The van der Waals surface area contributed by atoms with Crippen molar-refractivity contribution in [2.24, 2.45) is 0 Å². The smallest absolute Gasteiger partial charge is 0.255 e. The van der Waals surface area contributed by atoms with Crippen LogP contribution < -0.4 is 5.32 Å². The van der Waals surface area contributed by atoms with E-state index in [-0.39, 0.29) is 17.7 Å². The lowest BCUT2D eigenvalue weighted by Gasteiger charge is -2.33. The van der Waals surface area contributed by atoms with Gasteiger partial charge in [0.1, 0.15) is 0 Å². The van der Waals surface area contributed by atoms with Crippen LogP contribution in [0.5, 0.6) is 0 Å². The van der Waals surface area contributed by atoms with Gasteiger partial charge in [0, 0.05) is 60.9 Å². The van der Waals surface area contributed by atoms with E-state index in [1.165, 1.54) is 0 Å². The zero-order valence-corrected chi connectivity index (χ0v) is 21.0. The highest BCUT2D eigenvalue weighted by molar-refractivity contribution is 6.30. The Morgan fingerprint density at radius 2 is 1.86 bits per heavy atom.